The monoisotopic (exact) mass is 477 g/mol. The van der Waals surface area contributed by atoms with Crippen LogP contribution in [0.1, 0.15) is 21.6 Å². The van der Waals surface area contributed by atoms with Crippen molar-refractivity contribution in [2.24, 2.45) is 0 Å². The van der Waals surface area contributed by atoms with E-state index in [9.17, 15) is 14.4 Å². The Balaban J connectivity index is 1.42. The Labute approximate surface area is 201 Å². The Morgan fingerprint density at radius 2 is 2.00 bits per heavy atom. The zero-order valence-corrected chi connectivity index (χ0v) is 19.4. The maximum absolute atomic E-state index is 13.0. The minimum absolute atomic E-state index is 0.0869. The smallest absolute Gasteiger partial charge is 0.323 e. The number of rotatable bonds is 4. The normalized spacial score (nSPS) is 21.5. The van der Waals surface area contributed by atoms with Crippen LogP contribution < -0.4 is 20.3 Å². The van der Waals surface area contributed by atoms with E-state index in [-0.39, 0.29) is 12.5 Å². The van der Waals surface area contributed by atoms with Gasteiger partial charge in [0, 0.05) is 36.7 Å². The number of imide groups is 1. The predicted molar refractivity (Wildman–Crippen MR) is 128 cm³/mol. The second-order valence-corrected chi connectivity index (χ2v) is 9.45. The first-order chi connectivity index (χ1) is 16.5. The first-order valence-electron chi connectivity index (χ1n) is 10.9. The number of ether oxygens (including phenoxy) is 1. The van der Waals surface area contributed by atoms with Crippen LogP contribution in [-0.4, -0.2) is 71.5 Å². The van der Waals surface area contributed by atoms with Gasteiger partial charge in [-0.15, -0.1) is 0 Å². The number of hydrogen-bond acceptors (Lipinski definition) is 7. The molecular weight excluding hydrogens is 454 g/mol. The molecule has 0 spiro atoms. The summed E-state index contributed by atoms with van der Waals surface area (Å²) in [6.45, 7) is 2.06. The van der Waals surface area contributed by atoms with Crippen LogP contribution in [0, 0.1) is 11.8 Å². The molecule has 3 aliphatic rings. The molecule has 0 bridgehead atoms. The molecule has 10 heteroatoms. The first-order valence-corrected chi connectivity index (χ1v) is 12.1. The lowest BCUT2D eigenvalue weighted by molar-refractivity contribution is -0.122. The van der Waals surface area contributed by atoms with Crippen LogP contribution in [0.4, 0.5) is 10.6 Å². The van der Waals surface area contributed by atoms with Gasteiger partial charge in [0.05, 0.1) is 13.7 Å². The average Bonchev–Trinajstić information content (AvgIpc) is 3.32. The highest BCUT2D eigenvalue weighted by Gasteiger charge is 2.48. The standard InChI is InChI=1S/C24H23N5O4S/c1-33-18-6-5-16-14-29(21(30)19(16)13-18)15-24(22(31)26-23(32)27-24)8-7-17-3-2-4-20(25-17)28-9-11-34-12-10-28/h2-6,13H,9-12,14-15H2,1H3,(H2,26,27,31,32). The number of fused-ring (bicyclic) bond motifs is 1. The second-order valence-electron chi connectivity index (χ2n) is 8.23. The third-order valence-electron chi connectivity index (χ3n) is 6.04. The van der Waals surface area contributed by atoms with Gasteiger partial charge in [-0.05, 0) is 35.7 Å². The SMILES string of the molecule is COc1ccc2c(c1)C(=O)N(CC1(C#Cc3cccc(N4CCSCC4)n3)NC(=O)NC1=O)C2. The predicted octanol–water partition coefficient (Wildman–Crippen LogP) is 1.23. The first kappa shape index (κ1) is 22.1. The van der Waals surface area contributed by atoms with Crippen LogP contribution in [0.2, 0.25) is 0 Å². The van der Waals surface area contributed by atoms with Gasteiger partial charge in [0.25, 0.3) is 11.8 Å². The van der Waals surface area contributed by atoms with Gasteiger partial charge in [-0.1, -0.05) is 18.1 Å². The fourth-order valence-corrected chi connectivity index (χ4v) is 5.15. The third kappa shape index (κ3) is 4.15. The molecule has 34 heavy (non-hydrogen) atoms. The van der Waals surface area contributed by atoms with Crippen LogP contribution in [0.3, 0.4) is 0 Å². The molecule has 5 rings (SSSR count). The number of thioether (sulfide) groups is 1. The zero-order chi connectivity index (χ0) is 23.7. The number of carbonyl (C=O) groups excluding carboxylic acids is 3. The topological polar surface area (TPSA) is 104 Å². The fraction of sp³-hybridized carbons (Fsp3) is 0.333. The van der Waals surface area contributed by atoms with Crippen LogP contribution in [0.15, 0.2) is 36.4 Å². The summed E-state index contributed by atoms with van der Waals surface area (Å²) in [7, 11) is 1.54. The second kappa shape index (κ2) is 8.91. The number of amides is 4. The summed E-state index contributed by atoms with van der Waals surface area (Å²) in [5.74, 6) is 8.55. The summed E-state index contributed by atoms with van der Waals surface area (Å²) in [4.78, 5) is 46.3. The number of urea groups is 1. The number of benzene rings is 1. The van der Waals surface area contributed by atoms with Crippen molar-refractivity contribution in [1.82, 2.24) is 20.5 Å². The molecule has 9 nitrogen and oxygen atoms in total. The maximum atomic E-state index is 13.0. The van der Waals surface area contributed by atoms with Gasteiger partial charge in [0.2, 0.25) is 5.54 Å². The van der Waals surface area contributed by atoms with E-state index in [0.717, 1.165) is 36.0 Å². The molecule has 174 valence electrons. The van der Waals surface area contributed by atoms with Crippen molar-refractivity contribution >= 4 is 35.4 Å². The fourth-order valence-electron chi connectivity index (χ4n) is 4.24. The number of nitrogens with one attached hydrogen (secondary N) is 2. The minimum Gasteiger partial charge on any atom is -0.497 e. The molecule has 1 aromatic heterocycles. The van der Waals surface area contributed by atoms with E-state index in [4.69, 9.17) is 4.74 Å². The van der Waals surface area contributed by atoms with E-state index in [1.807, 2.05) is 30.0 Å². The highest BCUT2D eigenvalue weighted by Crippen LogP contribution is 2.28. The van der Waals surface area contributed by atoms with Crippen molar-refractivity contribution in [3.8, 4) is 17.6 Å². The van der Waals surface area contributed by atoms with Crippen molar-refractivity contribution in [1.29, 1.82) is 0 Å². The Kier molecular flexibility index (Phi) is 5.79. The molecule has 2 fully saturated rings. The lowest BCUT2D eigenvalue weighted by atomic mass is 9.99. The van der Waals surface area contributed by atoms with Crippen LogP contribution in [-0.2, 0) is 11.3 Å². The number of carbonyl (C=O) groups is 3. The van der Waals surface area contributed by atoms with Gasteiger partial charge in [0.15, 0.2) is 0 Å². The molecule has 4 heterocycles. The summed E-state index contributed by atoms with van der Waals surface area (Å²) < 4.78 is 5.22. The molecule has 4 amide bonds. The number of anilines is 1. The van der Waals surface area contributed by atoms with E-state index in [1.54, 1.807) is 18.2 Å². The molecular formula is C24H23N5O4S. The van der Waals surface area contributed by atoms with Gasteiger partial charge >= 0.3 is 6.03 Å². The zero-order valence-electron chi connectivity index (χ0n) is 18.6. The summed E-state index contributed by atoms with van der Waals surface area (Å²) >= 11 is 1.92. The lowest BCUT2D eigenvalue weighted by Crippen LogP contribution is -2.54. The van der Waals surface area contributed by atoms with E-state index in [1.165, 1.54) is 12.0 Å². The Bertz CT molecular complexity index is 1230. The molecule has 2 N–H and O–H groups in total. The molecule has 2 aromatic rings. The summed E-state index contributed by atoms with van der Waals surface area (Å²) in [5.41, 5.74) is 0.261. The molecule has 0 aliphatic carbocycles. The Morgan fingerprint density at radius 3 is 2.74 bits per heavy atom. The average molecular weight is 478 g/mol. The molecule has 2 saturated heterocycles. The molecule has 3 aliphatic heterocycles. The minimum atomic E-state index is -1.57. The molecule has 0 radical (unpaired) electrons. The summed E-state index contributed by atoms with van der Waals surface area (Å²) in [5, 5.41) is 4.88. The Hall–Kier alpha value is -3.71. The third-order valence-corrected chi connectivity index (χ3v) is 6.98. The van der Waals surface area contributed by atoms with Gasteiger partial charge < -0.3 is 19.9 Å². The quantitative estimate of drug-likeness (QED) is 0.504. The summed E-state index contributed by atoms with van der Waals surface area (Å²) in [6, 6.07) is 10.2. The van der Waals surface area contributed by atoms with Crippen LogP contribution in [0.5, 0.6) is 5.75 Å². The van der Waals surface area contributed by atoms with Crippen molar-refractivity contribution in [3.63, 3.8) is 0 Å². The van der Waals surface area contributed by atoms with Crippen molar-refractivity contribution in [2.45, 2.75) is 12.1 Å². The van der Waals surface area contributed by atoms with E-state index in [0.29, 0.717) is 23.6 Å². The van der Waals surface area contributed by atoms with E-state index in [2.05, 4.69) is 32.4 Å². The highest BCUT2D eigenvalue weighted by molar-refractivity contribution is 7.99. The van der Waals surface area contributed by atoms with Gasteiger partial charge in [-0.3, -0.25) is 14.9 Å². The molecule has 1 aromatic carbocycles. The van der Waals surface area contributed by atoms with E-state index < -0.39 is 17.5 Å². The largest absolute Gasteiger partial charge is 0.497 e. The number of methoxy groups -OCH3 is 1. The molecule has 0 saturated carbocycles. The van der Waals surface area contributed by atoms with Crippen molar-refractivity contribution in [3.05, 3.63) is 53.2 Å². The number of hydrogen-bond donors (Lipinski definition) is 2. The van der Waals surface area contributed by atoms with Crippen LogP contribution in [0.25, 0.3) is 0 Å². The van der Waals surface area contributed by atoms with Gasteiger partial charge in [-0.25, -0.2) is 9.78 Å². The van der Waals surface area contributed by atoms with Crippen LogP contribution >= 0.6 is 11.8 Å². The lowest BCUT2D eigenvalue weighted by Gasteiger charge is -2.27. The van der Waals surface area contributed by atoms with Gasteiger partial charge in [-0.2, -0.15) is 11.8 Å². The molecule has 1 atom stereocenters. The van der Waals surface area contributed by atoms with Crippen molar-refractivity contribution < 1.29 is 19.1 Å². The van der Waals surface area contributed by atoms with Crippen molar-refractivity contribution in [2.75, 3.05) is 43.1 Å². The van der Waals surface area contributed by atoms with Gasteiger partial charge in [0.1, 0.15) is 17.3 Å². The number of nitrogens with zero attached hydrogens (tertiary/aromatic N) is 3. The number of aromatic nitrogens is 1. The highest BCUT2D eigenvalue weighted by atomic mass is 32.2. The van der Waals surface area contributed by atoms with E-state index >= 15 is 0 Å². The molecule has 1 unspecified atom stereocenters. The summed E-state index contributed by atoms with van der Waals surface area (Å²) in [6.07, 6.45) is 0. The number of pyridine rings is 1. The maximum Gasteiger partial charge on any atom is 0.323 e. The Morgan fingerprint density at radius 1 is 1.18 bits per heavy atom.